The van der Waals surface area contributed by atoms with Gasteiger partial charge in [0.05, 0.1) is 12.6 Å². The molecule has 1 fully saturated rings. The van der Waals surface area contributed by atoms with Gasteiger partial charge >= 0.3 is 0 Å². The summed E-state index contributed by atoms with van der Waals surface area (Å²) >= 11 is 0. The SMILES string of the molecule is CC(O)CN(Cc1nc(-c2ccc(F)cc2)no1)C1CCCCC1. The summed E-state index contributed by atoms with van der Waals surface area (Å²) in [6.45, 7) is 2.93. The Labute approximate surface area is 141 Å². The Balaban J connectivity index is 1.71. The first-order valence-corrected chi connectivity index (χ1v) is 8.62. The van der Waals surface area contributed by atoms with E-state index in [0.717, 1.165) is 18.4 Å². The lowest BCUT2D eigenvalue weighted by molar-refractivity contribution is 0.0689. The monoisotopic (exact) mass is 333 g/mol. The van der Waals surface area contributed by atoms with Gasteiger partial charge in [-0.25, -0.2) is 4.39 Å². The zero-order valence-electron chi connectivity index (χ0n) is 14.0. The molecular weight excluding hydrogens is 309 g/mol. The summed E-state index contributed by atoms with van der Waals surface area (Å²) < 4.78 is 18.4. The highest BCUT2D eigenvalue weighted by Crippen LogP contribution is 2.24. The van der Waals surface area contributed by atoms with E-state index in [9.17, 15) is 9.50 Å². The first kappa shape index (κ1) is 17.0. The molecule has 130 valence electrons. The molecule has 1 aromatic heterocycles. The van der Waals surface area contributed by atoms with E-state index in [4.69, 9.17) is 4.52 Å². The summed E-state index contributed by atoms with van der Waals surface area (Å²) in [5.41, 5.74) is 0.728. The van der Waals surface area contributed by atoms with E-state index in [0.29, 0.717) is 30.8 Å². The second-order valence-corrected chi connectivity index (χ2v) is 6.59. The van der Waals surface area contributed by atoms with Gasteiger partial charge in [0, 0.05) is 18.2 Å². The molecular formula is C18H24FN3O2. The summed E-state index contributed by atoms with van der Waals surface area (Å²) in [5.74, 6) is 0.703. The number of hydrogen-bond acceptors (Lipinski definition) is 5. The zero-order chi connectivity index (χ0) is 16.9. The molecule has 0 radical (unpaired) electrons. The number of benzene rings is 1. The molecule has 6 heteroatoms. The van der Waals surface area contributed by atoms with Gasteiger partial charge in [0.25, 0.3) is 0 Å². The second-order valence-electron chi connectivity index (χ2n) is 6.59. The number of hydrogen-bond donors (Lipinski definition) is 1. The summed E-state index contributed by atoms with van der Waals surface area (Å²) in [4.78, 5) is 6.67. The number of nitrogens with zero attached hydrogens (tertiary/aromatic N) is 3. The Bertz CT molecular complexity index is 636. The normalized spacial score (nSPS) is 17.3. The molecule has 0 saturated heterocycles. The molecule has 3 rings (SSSR count). The average Bonchev–Trinajstić information content (AvgIpc) is 3.04. The van der Waals surface area contributed by atoms with Gasteiger partial charge in [0.1, 0.15) is 5.82 Å². The third-order valence-electron chi connectivity index (χ3n) is 4.50. The summed E-state index contributed by atoms with van der Waals surface area (Å²) in [6.07, 6.45) is 5.63. The van der Waals surface area contributed by atoms with E-state index in [-0.39, 0.29) is 5.82 Å². The molecule has 1 aliphatic carbocycles. The second kappa shape index (κ2) is 7.85. The van der Waals surface area contributed by atoms with E-state index in [1.54, 1.807) is 19.1 Å². The van der Waals surface area contributed by atoms with Crippen molar-refractivity contribution in [1.82, 2.24) is 15.0 Å². The van der Waals surface area contributed by atoms with Crippen LogP contribution >= 0.6 is 0 Å². The highest BCUT2D eigenvalue weighted by atomic mass is 19.1. The zero-order valence-corrected chi connectivity index (χ0v) is 14.0. The minimum absolute atomic E-state index is 0.289. The topological polar surface area (TPSA) is 62.4 Å². The number of halogens is 1. The Hall–Kier alpha value is -1.79. The third-order valence-corrected chi connectivity index (χ3v) is 4.50. The molecule has 2 aromatic rings. The predicted octanol–water partition coefficient (Wildman–Crippen LogP) is 3.39. The fraction of sp³-hybridized carbons (Fsp3) is 0.556. The van der Waals surface area contributed by atoms with E-state index < -0.39 is 6.10 Å². The smallest absolute Gasteiger partial charge is 0.241 e. The fourth-order valence-corrected chi connectivity index (χ4v) is 3.34. The number of aliphatic hydroxyl groups excluding tert-OH is 1. The largest absolute Gasteiger partial charge is 0.392 e. The van der Waals surface area contributed by atoms with Crippen LogP contribution in [0.1, 0.15) is 44.9 Å². The molecule has 1 aliphatic rings. The molecule has 24 heavy (non-hydrogen) atoms. The van der Waals surface area contributed by atoms with Crippen molar-refractivity contribution in [2.75, 3.05) is 6.54 Å². The summed E-state index contributed by atoms with van der Waals surface area (Å²) in [5, 5.41) is 13.8. The molecule has 0 spiro atoms. The Morgan fingerprint density at radius 2 is 1.96 bits per heavy atom. The maximum Gasteiger partial charge on any atom is 0.241 e. The van der Waals surface area contributed by atoms with Gasteiger partial charge in [-0.1, -0.05) is 24.4 Å². The number of aromatic nitrogens is 2. The van der Waals surface area contributed by atoms with Crippen LogP contribution in [0.25, 0.3) is 11.4 Å². The van der Waals surface area contributed by atoms with Gasteiger partial charge in [0.15, 0.2) is 0 Å². The highest BCUT2D eigenvalue weighted by Gasteiger charge is 2.24. The van der Waals surface area contributed by atoms with Crippen LogP contribution in [-0.4, -0.2) is 38.8 Å². The van der Waals surface area contributed by atoms with Crippen LogP contribution in [0.2, 0.25) is 0 Å². The van der Waals surface area contributed by atoms with E-state index >= 15 is 0 Å². The van der Waals surface area contributed by atoms with Crippen LogP contribution < -0.4 is 0 Å². The van der Waals surface area contributed by atoms with Crippen LogP contribution in [0.3, 0.4) is 0 Å². The molecule has 5 nitrogen and oxygen atoms in total. The van der Waals surface area contributed by atoms with Crippen molar-refractivity contribution in [3.8, 4) is 11.4 Å². The molecule has 1 heterocycles. The molecule has 1 atom stereocenters. The summed E-state index contributed by atoms with van der Waals surface area (Å²) in [6, 6.07) is 6.49. The van der Waals surface area contributed by atoms with E-state index in [2.05, 4.69) is 15.0 Å². The van der Waals surface area contributed by atoms with Crippen LogP contribution in [0.15, 0.2) is 28.8 Å². The lowest BCUT2D eigenvalue weighted by Crippen LogP contribution is -2.40. The van der Waals surface area contributed by atoms with Crippen LogP contribution in [-0.2, 0) is 6.54 Å². The van der Waals surface area contributed by atoms with Crippen LogP contribution in [0.4, 0.5) is 4.39 Å². The van der Waals surface area contributed by atoms with Gasteiger partial charge in [-0.2, -0.15) is 4.98 Å². The number of aliphatic hydroxyl groups is 1. The van der Waals surface area contributed by atoms with Gasteiger partial charge in [-0.05, 0) is 44.0 Å². The van der Waals surface area contributed by atoms with Crippen LogP contribution in [0.5, 0.6) is 0 Å². The number of rotatable bonds is 6. The molecule has 0 bridgehead atoms. The quantitative estimate of drug-likeness (QED) is 0.878. The molecule has 1 aromatic carbocycles. The minimum Gasteiger partial charge on any atom is -0.392 e. The third kappa shape index (κ3) is 4.39. The average molecular weight is 333 g/mol. The predicted molar refractivity (Wildman–Crippen MR) is 88.7 cm³/mol. The van der Waals surface area contributed by atoms with Gasteiger partial charge < -0.3 is 9.63 Å². The van der Waals surface area contributed by atoms with Crippen molar-refractivity contribution in [1.29, 1.82) is 0 Å². The lowest BCUT2D eigenvalue weighted by atomic mass is 9.94. The Morgan fingerprint density at radius 1 is 1.25 bits per heavy atom. The molecule has 1 unspecified atom stereocenters. The van der Waals surface area contributed by atoms with Crippen molar-refractivity contribution in [3.63, 3.8) is 0 Å². The van der Waals surface area contributed by atoms with Crippen molar-refractivity contribution in [2.24, 2.45) is 0 Å². The maximum atomic E-state index is 13.0. The van der Waals surface area contributed by atoms with Crippen molar-refractivity contribution >= 4 is 0 Å². The van der Waals surface area contributed by atoms with Gasteiger partial charge in [0.2, 0.25) is 11.7 Å². The minimum atomic E-state index is -0.397. The lowest BCUT2D eigenvalue weighted by Gasteiger charge is -2.34. The maximum absolute atomic E-state index is 13.0. The first-order valence-electron chi connectivity index (χ1n) is 8.62. The molecule has 0 aliphatic heterocycles. The van der Waals surface area contributed by atoms with E-state index in [1.807, 2.05) is 0 Å². The van der Waals surface area contributed by atoms with Crippen LogP contribution in [0, 0.1) is 5.82 Å². The standard InChI is InChI=1S/C18H24FN3O2/c1-13(23)11-22(16-5-3-2-4-6-16)12-17-20-18(21-24-17)14-7-9-15(19)10-8-14/h7-10,13,16,23H,2-6,11-12H2,1H3. The molecule has 1 N–H and O–H groups in total. The van der Waals surface area contributed by atoms with Crippen molar-refractivity contribution in [2.45, 2.75) is 57.7 Å². The van der Waals surface area contributed by atoms with Gasteiger partial charge in [-0.3, -0.25) is 4.90 Å². The Morgan fingerprint density at radius 3 is 2.62 bits per heavy atom. The Kier molecular flexibility index (Phi) is 5.58. The summed E-state index contributed by atoms with van der Waals surface area (Å²) in [7, 11) is 0. The van der Waals surface area contributed by atoms with E-state index in [1.165, 1.54) is 31.4 Å². The molecule has 0 amide bonds. The fourth-order valence-electron chi connectivity index (χ4n) is 3.34. The highest BCUT2D eigenvalue weighted by molar-refractivity contribution is 5.53. The van der Waals surface area contributed by atoms with Crippen molar-refractivity contribution in [3.05, 3.63) is 36.0 Å². The van der Waals surface area contributed by atoms with Gasteiger partial charge in [-0.15, -0.1) is 0 Å². The molecule has 1 saturated carbocycles. The first-order chi connectivity index (χ1) is 11.6. The van der Waals surface area contributed by atoms with Crippen molar-refractivity contribution < 1.29 is 14.0 Å².